The summed E-state index contributed by atoms with van der Waals surface area (Å²) >= 11 is 3.57. The first-order chi connectivity index (χ1) is 8.24. The van der Waals surface area contributed by atoms with Crippen molar-refractivity contribution in [2.45, 2.75) is 25.5 Å². The van der Waals surface area contributed by atoms with Crippen molar-refractivity contribution in [3.63, 3.8) is 0 Å². The molecule has 1 fully saturated rings. The predicted octanol–water partition coefficient (Wildman–Crippen LogP) is 2.52. The molecule has 1 aromatic carbocycles. The lowest BCUT2D eigenvalue weighted by molar-refractivity contribution is 0.0819. The molecule has 1 aliphatic rings. The minimum Gasteiger partial charge on any atom is -0.381 e. The highest BCUT2D eigenvalue weighted by atomic mass is 79.9. The van der Waals surface area contributed by atoms with Gasteiger partial charge in [0, 0.05) is 36.9 Å². The van der Waals surface area contributed by atoms with Crippen LogP contribution in [0.5, 0.6) is 0 Å². The van der Waals surface area contributed by atoms with Gasteiger partial charge in [0.1, 0.15) is 0 Å². The van der Waals surface area contributed by atoms with Crippen molar-refractivity contribution in [1.82, 2.24) is 0 Å². The van der Waals surface area contributed by atoms with E-state index in [4.69, 9.17) is 10.5 Å². The van der Waals surface area contributed by atoms with Crippen molar-refractivity contribution in [1.29, 1.82) is 0 Å². The molecule has 4 heteroatoms. The molecular weight excluding hydrogens is 280 g/mol. The molecule has 17 heavy (non-hydrogen) atoms. The molecule has 1 aliphatic heterocycles. The van der Waals surface area contributed by atoms with Crippen molar-refractivity contribution < 1.29 is 4.74 Å². The number of ether oxygens (including phenoxy) is 1. The lowest BCUT2D eigenvalue weighted by atomic mass is 10.1. The molecule has 0 amide bonds. The number of halogens is 1. The van der Waals surface area contributed by atoms with E-state index in [-0.39, 0.29) is 0 Å². The number of piperidine rings is 1. The van der Waals surface area contributed by atoms with E-state index in [0.29, 0.717) is 12.6 Å². The van der Waals surface area contributed by atoms with Crippen molar-refractivity contribution in [3.8, 4) is 0 Å². The lowest BCUT2D eigenvalue weighted by Crippen LogP contribution is -2.36. The van der Waals surface area contributed by atoms with E-state index in [0.717, 1.165) is 36.0 Å². The van der Waals surface area contributed by atoms with Crippen LogP contribution in [0.4, 0.5) is 5.69 Å². The molecule has 0 bridgehead atoms. The highest BCUT2D eigenvalue weighted by Crippen LogP contribution is 2.26. The van der Waals surface area contributed by atoms with E-state index >= 15 is 0 Å². The maximum Gasteiger partial charge on any atom is 0.0605 e. The number of nitrogens with zero attached hydrogens (tertiary/aromatic N) is 1. The van der Waals surface area contributed by atoms with Crippen molar-refractivity contribution in [2.24, 2.45) is 5.73 Å². The average molecular weight is 299 g/mol. The summed E-state index contributed by atoms with van der Waals surface area (Å²) in [6.45, 7) is 2.70. The van der Waals surface area contributed by atoms with E-state index < -0.39 is 0 Å². The summed E-state index contributed by atoms with van der Waals surface area (Å²) in [6, 6.07) is 6.41. The highest BCUT2D eigenvalue weighted by Gasteiger charge is 2.19. The molecule has 1 aromatic rings. The van der Waals surface area contributed by atoms with Crippen LogP contribution < -0.4 is 10.6 Å². The summed E-state index contributed by atoms with van der Waals surface area (Å²) in [4.78, 5) is 2.40. The second-order valence-corrected chi connectivity index (χ2v) is 5.26. The maximum atomic E-state index is 5.66. The molecule has 2 rings (SSSR count). The van der Waals surface area contributed by atoms with Gasteiger partial charge in [-0.1, -0.05) is 22.0 Å². The number of benzene rings is 1. The van der Waals surface area contributed by atoms with Gasteiger partial charge in [-0.3, -0.25) is 0 Å². The largest absolute Gasteiger partial charge is 0.381 e. The van der Waals surface area contributed by atoms with Crippen LogP contribution in [0, 0.1) is 0 Å². The monoisotopic (exact) mass is 298 g/mol. The molecule has 0 aliphatic carbocycles. The lowest BCUT2D eigenvalue weighted by Gasteiger charge is -2.33. The fraction of sp³-hybridized carbons (Fsp3) is 0.538. The zero-order valence-corrected chi connectivity index (χ0v) is 11.7. The molecule has 0 saturated carbocycles. The summed E-state index contributed by atoms with van der Waals surface area (Å²) in [7, 11) is 1.80. The quantitative estimate of drug-likeness (QED) is 0.932. The van der Waals surface area contributed by atoms with E-state index in [1.165, 1.54) is 5.69 Å². The fourth-order valence-electron chi connectivity index (χ4n) is 2.25. The van der Waals surface area contributed by atoms with Gasteiger partial charge in [0.05, 0.1) is 6.10 Å². The molecule has 3 nitrogen and oxygen atoms in total. The third kappa shape index (κ3) is 3.00. The second kappa shape index (κ2) is 5.85. The molecule has 0 radical (unpaired) electrons. The topological polar surface area (TPSA) is 38.5 Å². The number of methoxy groups -OCH3 is 1. The van der Waals surface area contributed by atoms with Crippen LogP contribution in [0.3, 0.4) is 0 Å². The molecule has 1 heterocycles. The standard InChI is InChI=1S/C13H19BrN2O/c1-17-12-4-6-16(7-5-12)11-3-2-10(9-15)13(14)8-11/h2-3,8,12H,4-7,9,15H2,1H3. The Labute approximate surface area is 111 Å². The summed E-state index contributed by atoms with van der Waals surface area (Å²) in [6.07, 6.45) is 2.64. The minimum absolute atomic E-state index is 0.429. The Morgan fingerprint density at radius 2 is 2.12 bits per heavy atom. The van der Waals surface area contributed by atoms with E-state index in [9.17, 15) is 0 Å². The van der Waals surface area contributed by atoms with Gasteiger partial charge in [-0.15, -0.1) is 0 Å². The Kier molecular flexibility index (Phi) is 4.42. The van der Waals surface area contributed by atoms with Gasteiger partial charge < -0.3 is 15.4 Å². The van der Waals surface area contributed by atoms with Crippen molar-refractivity contribution in [3.05, 3.63) is 28.2 Å². The zero-order chi connectivity index (χ0) is 12.3. The molecule has 0 unspecified atom stereocenters. The van der Waals surface area contributed by atoms with E-state index in [1.54, 1.807) is 7.11 Å². The van der Waals surface area contributed by atoms with Gasteiger partial charge >= 0.3 is 0 Å². The Bertz CT molecular complexity index is 376. The van der Waals surface area contributed by atoms with Crippen LogP contribution in [0.15, 0.2) is 22.7 Å². The first-order valence-electron chi connectivity index (χ1n) is 6.01. The Balaban J connectivity index is 2.06. The summed E-state index contributed by atoms with van der Waals surface area (Å²) in [5, 5.41) is 0. The molecule has 0 aromatic heterocycles. The molecule has 0 spiro atoms. The van der Waals surface area contributed by atoms with Crippen molar-refractivity contribution in [2.75, 3.05) is 25.1 Å². The van der Waals surface area contributed by atoms with Crippen LogP contribution in [0.2, 0.25) is 0 Å². The van der Waals surface area contributed by atoms with Crippen LogP contribution >= 0.6 is 15.9 Å². The molecule has 2 N–H and O–H groups in total. The zero-order valence-electron chi connectivity index (χ0n) is 10.2. The fourth-order valence-corrected chi connectivity index (χ4v) is 2.78. The van der Waals surface area contributed by atoms with Gasteiger partial charge in [0.25, 0.3) is 0 Å². The Morgan fingerprint density at radius 1 is 1.41 bits per heavy atom. The smallest absolute Gasteiger partial charge is 0.0605 e. The van der Waals surface area contributed by atoms with Gasteiger partial charge in [0.2, 0.25) is 0 Å². The average Bonchev–Trinajstić information content (AvgIpc) is 2.39. The summed E-state index contributed by atoms with van der Waals surface area (Å²) in [5.41, 5.74) is 8.08. The van der Waals surface area contributed by atoms with Gasteiger partial charge in [-0.2, -0.15) is 0 Å². The number of hydrogen-bond donors (Lipinski definition) is 1. The number of anilines is 1. The van der Waals surface area contributed by atoms with Gasteiger partial charge in [-0.05, 0) is 30.5 Å². The second-order valence-electron chi connectivity index (χ2n) is 4.40. The van der Waals surface area contributed by atoms with Crippen molar-refractivity contribution >= 4 is 21.6 Å². The molecule has 0 atom stereocenters. The van der Waals surface area contributed by atoms with E-state index in [2.05, 4.69) is 39.0 Å². The van der Waals surface area contributed by atoms with Crippen LogP contribution in [0.1, 0.15) is 18.4 Å². The first-order valence-corrected chi connectivity index (χ1v) is 6.80. The Hall–Kier alpha value is -0.580. The first kappa shape index (κ1) is 12.9. The van der Waals surface area contributed by atoms with Crippen LogP contribution in [-0.2, 0) is 11.3 Å². The van der Waals surface area contributed by atoms with E-state index in [1.807, 2.05) is 0 Å². The summed E-state index contributed by atoms with van der Waals surface area (Å²) in [5.74, 6) is 0. The van der Waals surface area contributed by atoms with Gasteiger partial charge in [0.15, 0.2) is 0 Å². The van der Waals surface area contributed by atoms with Gasteiger partial charge in [-0.25, -0.2) is 0 Å². The number of rotatable bonds is 3. The molecule has 1 saturated heterocycles. The van der Waals surface area contributed by atoms with Crippen LogP contribution in [0.25, 0.3) is 0 Å². The highest BCUT2D eigenvalue weighted by molar-refractivity contribution is 9.10. The summed E-state index contributed by atoms with van der Waals surface area (Å²) < 4.78 is 6.49. The SMILES string of the molecule is COC1CCN(c2ccc(CN)c(Br)c2)CC1. The number of nitrogens with two attached hydrogens (primary N) is 1. The minimum atomic E-state index is 0.429. The molecule has 94 valence electrons. The normalized spacial score (nSPS) is 17.5. The third-order valence-corrected chi connectivity index (χ3v) is 4.14. The Morgan fingerprint density at radius 3 is 2.65 bits per heavy atom. The maximum absolute atomic E-state index is 5.66. The predicted molar refractivity (Wildman–Crippen MR) is 74.3 cm³/mol. The number of hydrogen-bond acceptors (Lipinski definition) is 3. The third-order valence-electron chi connectivity index (χ3n) is 3.40. The van der Waals surface area contributed by atoms with Crippen LogP contribution in [-0.4, -0.2) is 26.3 Å². The molecular formula is C13H19BrN2O.